The van der Waals surface area contributed by atoms with E-state index >= 15 is 0 Å². The quantitative estimate of drug-likeness (QED) is 0.691. The van der Waals surface area contributed by atoms with Gasteiger partial charge in [-0.1, -0.05) is 0 Å². The van der Waals surface area contributed by atoms with Crippen LogP contribution in [0.1, 0.15) is 17.8 Å². The highest BCUT2D eigenvalue weighted by Crippen LogP contribution is 2.24. The zero-order valence-corrected chi connectivity index (χ0v) is 12.6. The van der Waals surface area contributed by atoms with Gasteiger partial charge in [0.2, 0.25) is 0 Å². The monoisotopic (exact) mass is 302 g/mol. The Morgan fingerprint density at radius 1 is 1.38 bits per heavy atom. The highest BCUT2D eigenvalue weighted by molar-refractivity contribution is 7.15. The number of carbonyl (C=O) groups is 1. The molecule has 3 aromatic heterocycles. The third-order valence-electron chi connectivity index (χ3n) is 3.22. The zero-order valence-electron chi connectivity index (χ0n) is 11.7. The summed E-state index contributed by atoms with van der Waals surface area (Å²) < 4.78 is 6.67. The van der Waals surface area contributed by atoms with Gasteiger partial charge in [0.05, 0.1) is 19.2 Å². The molecule has 0 radical (unpaired) electrons. The summed E-state index contributed by atoms with van der Waals surface area (Å²) in [5, 5.41) is 2.01. The van der Waals surface area contributed by atoms with Crippen molar-refractivity contribution in [1.82, 2.24) is 19.4 Å². The molecule has 3 aromatic rings. The number of rotatable bonds is 4. The van der Waals surface area contributed by atoms with Crippen molar-refractivity contribution in [2.45, 2.75) is 19.8 Å². The van der Waals surface area contributed by atoms with Gasteiger partial charge in [-0.25, -0.2) is 4.98 Å². The Kier molecular flexibility index (Phi) is 3.66. The van der Waals surface area contributed by atoms with Crippen LogP contribution in [-0.2, 0) is 16.0 Å². The first-order valence-electron chi connectivity index (χ1n) is 6.49. The second kappa shape index (κ2) is 5.61. The molecule has 0 atom stereocenters. The topological polar surface area (TPSA) is 69.4 Å². The van der Waals surface area contributed by atoms with E-state index in [9.17, 15) is 4.79 Å². The van der Waals surface area contributed by atoms with Gasteiger partial charge in [-0.2, -0.15) is 0 Å². The van der Waals surface area contributed by atoms with Crippen LogP contribution in [0.2, 0.25) is 0 Å². The Balaban J connectivity index is 1.93. The van der Waals surface area contributed by atoms with Crippen LogP contribution < -0.4 is 0 Å². The minimum atomic E-state index is -0.209. The zero-order chi connectivity index (χ0) is 14.8. The molecule has 0 unspecified atom stereocenters. The summed E-state index contributed by atoms with van der Waals surface area (Å²) in [6.07, 6.45) is 6.25. The minimum Gasteiger partial charge on any atom is -0.469 e. The average Bonchev–Trinajstić information content (AvgIpc) is 3.06. The maximum absolute atomic E-state index is 11.3. The van der Waals surface area contributed by atoms with E-state index in [1.165, 1.54) is 7.11 Å². The fraction of sp³-hybridized carbons (Fsp3) is 0.286. The predicted octanol–water partition coefficient (Wildman–Crippen LogP) is 2.27. The third-order valence-corrected chi connectivity index (χ3v) is 4.11. The van der Waals surface area contributed by atoms with Crippen molar-refractivity contribution in [2.24, 2.45) is 0 Å². The molecular formula is C14H14N4O2S. The first-order valence-corrected chi connectivity index (χ1v) is 7.37. The first-order chi connectivity index (χ1) is 10.2. The van der Waals surface area contributed by atoms with Crippen molar-refractivity contribution < 1.29 is 9.53 Å². The van der Waals surface area contributed by atoms with E-state index in [1.807, 2.05) is 22.9 Å². The Bertz CT molecular complexity index is 793. The second-order valence-corrected chi connectivity index (χ2v) is 5.41. The van der Waals surface area contributed by atoms with Gasteiger partial charge in [0.1, 0.15) is 11.4 Å². The molecule has 7 heteroatoms. The molecule has 21 heavy (non-hydrogen) atoms. The highest BCUT2D eigenvalue weighted by atomic mass is 32.1. The number of hydrogen-bond donors (Lipinski definition) is 0. The number of ether oxygens (including phenoxy) is 1. The Morgan fingerprint density at radius 3 is 2.95 bits per heavy atom. The molecule has 6 nitrogen and oxygen atoms in total. The molecule has 0 aliphatic carbocycles. The molecule has 0 saturated carbocycles. The maximum Gasteiger partial charge on any atom is 0.305 e. The fourth-order valence-corrected chi connectivity index (χ4v) is 3.02. The Morgan fingerprint density at radius 2 is 2.19 bits per heavy atom. The lowest BCUT2D eigenvalue weighted by Crippen LogP contribution is -2.03. The number of aryl methyl sites for hydroxylation is 2. The van der Waals surface area contributed by atoms with Crippen molar-refractivity contribution in [3.8, 4) is 11.4 Å². The number of imidazole rings is 1. The van der Waals surface area contributed by atoms with E-state index in [0.717, 1.165) is 27.7 Å². The summed E-state index contributed by atoms with van der Waals surface area (Å²) in [6.45, 7) is 1.91. The highest BCUT2D eigenvalue weighted by Gasteiger charge is 2.13. The van der Waals surface area contributed by atoms with E-state index in [1.54, 1.807) is 23.7 Å². The van der Waals surface area contributed by atoms with Crippen molar-refractivity contribution >= 4 is 22.3 Å². The largest absolute Gasteiger partial charge is 0.469 e. The van der Waals surface area contributed by atoms with Crippen molar-refractivity contribution in [1.29, 1.82) is 0 Å². The molecule has 0 amide bonds. The van der Waals surface area contributed by atoms with Crippen LogP contribution in [0.5, 0.6) is 0 Å². The van der Waals surface area contributed by atoms with Gasteiger partial charge in [-0.05, 0) is 13.3 Å². The molecular weight excluding hydrogens is 288 g/mol. The summed E-state index contributed by atoms with van der Waals surface area (Å²) in [7, 11) is 1.40. The molecule has 3 rings (SSSR count). The number of esters is 1. The van der Waals surface area contributed by atoms with Crippen LogP contribution in [0.25, 0.3) is 16.3 Å². The molecule has 0 saturated heterocycles. The summed E-state index contributed by atoms with van der Waals surface area (Å²) in [6, 6.07) is 0. The van der Waals surface area contributed by atoms with Crippen LogP contribution >= 0.6 is 11.3 Å². The molecule has 0 bridgehead atoms. The van der Waals surface area contributed by atoms with E-state index in [4.69, 9.17) is 0 Å². The van der Waals surface area contributed by atoms with Crippen LogP contribution in [0, 0.1) is 6.92 Å². The SMILES string of the molecule is COC(=O)CCc1csc2nc(-c3nccnc3C)cn12. The van der Waals surface area contributed by atoms with Gasteiger partial charge in [0, 0.05) is 29.7 Å². The minimum absolute atomic E-state index is 0.209. The van der Waals surface area contributed by atoms with Gasteiger partial charge in [0.15, 0.2) is 4.96 Å². The van der Waals surface area contributed by atoms with Crippen LogP contribution in [0.3, 0.4) is 0 Å². The second-order valence-electron chi connectivity index (χ2n) is 4.57. The number of thiazole rings is 1. The molecule has 0 aliphatic rings. The van der Waals surface area contributed by atoms with Crippen LogP contribution in [0.15, 0.2) is 24.0 Å². The standard InChI is InChI=1S/C14H14N4O2S/c1-9-13(16-6-5-15-9)11-7-18-10(3-4-12(19)20-2)8-21-14(18)17-11/h5-8H,3-4H2,1-2H3. The van der Waals surface area contributed by atoms with E-state index in [-0.39, 0.29) is 5.97 Å². The molecule has 0 aromatic carbocycles. The number of nitrogens with zero attached hydrogens (tertiary/aromatic N) is 4. The number of carbonyl (C=O) groups excluding carboxylic acids is 1. The lowest BCUT2D eigenvalue weighted by atomic mass is 10.2. The molecule has 108 valence electrons. The van der Waals surface area contributed by atoms with E-state index in [2.05, 4.69) is 19.7 Å². The number of methoxy groups -OCH3 is 1. The van der Waals surface area contributed by atoms with E-state index in [0.29, 0.717) is 12.8 Å². The van der Waals surface area contributed by atoms with Crippen molar-refractivity contribution in [3.05, 3.63) is 35.4 Å². The third kappa shape index (κ3) is 2.64. The lowest BCUT2D eigenvalue weighted by Gasteiger charge is -1.99. The molecule has 0 spiro atoms. The maximum atomic E-state index is 11.3. The molecule has 0 N–H and O–H groups in total. The summed E-state index contributed by atoms with van der Waals surface area (Å²) in [5.74, 6) is -0.209. The van der Waals surface area contributed by atoms with Crippen molar-refractivity contribution in [3.63, 3.8) is 0 Å². The average molecular weight is 302 g/mol. The van der Waals surface area contributed by atoms with Crippen LogP contribution in [-0.4, -0.2) is 32.4 Å². The van der Waals surface area contributed by atoms with Gasteiger partial charge in [0.25, 0.3) is 0 Å². The number of fused-ring (bicyclic) bond motifs is 1. The number of aromatic nitrogens is 4. The first kappa shape index (κ1) is 13.7. The lowest BCUT2D eigenvalue weighted by molar-refractivity contribution is -0.140. The smallest absolute Gasteiger partial charge is 0.305 e. The fourth-order valence-electron chi connectivity index (χ4n) is 2.11. The van der Waals surface area contributed by atoms with Gasteiger partial charge in [-0.15, -0.1) is 11.3 Å². The van der Waals surface area contributed by atoms with Crippen molar-refractivity contribution in [2.75, 3.05) is 7.11 Å². The van der Waals surface area contributed by atoms with Crippen LogP contribution in [0.4, 0.5) is 0 Å². The Hall–Kier alpha value is -2.28. The normalized spacial score (nSPS) is 11.0. The summed E-state index contributed by atoms with van der Waals surface area (Å²) in [5.41, 5.74) is 3.47. The molecule has 0 aliphatic heterocycles. The van der Waals surface area contributed by atoms with Gasteiger partial charge < -0.3 is 4.74 Å². The van der Waals surface area contributed by atoms with Gasteiger partial charge in [-0.3, -0.25) is 19.2 Å². The van der Waals surface area contributed by atoms with E-state index < -0.39 is 0 Å². The summed E-state index contributed by atoms with van der Waals surface area (Å²) in [4.78, 5) is 25.3. The molecule has 0 fully saturated rings. The Labute approximate surface area is 125 Å². The van der Waals surface area contributed by atoms with Gasteiger partial charge >= 0.3 is 5.97 Å². The molecule has 3 heterocycles. The predicted molar refractivity (Wildman–Crippen MR) is 79.2 cm³/mol. The summed E-state index contributed by atoms with van der Waals surface area (Å²) >= 11 is 1.55. The number of hydrogen-bond acceptors (Lipinski definition) is 6.